The predicted octanol–water partition coefficient (Wildman–Crippen LogP) is 4.43. The number of hydrogen-bond donors (Lipinski definition) is 0. The third kappa shape index (κ3) is 2.41. The van der Waals surface area contributed by atoms with Crippen molar-refractivity contribution < 1.29 is 18.3 Å². The van der Waals surface area contributed by atoms with Gasteiger partial charge in [-0.05, 0) is 55.2 Å². The number of nitrogens with zero attached hydrogens (tertiary/aromatic N) is 1. The summed E-state index contributed by atoms with van der Waals surface area (Å²) in [6.07, 6.45) is 1.21. The van der Waals surface area contributed by atoms with Gasteiger partial charge in [-0.25, -0.2) is 8.78 Å². The topological polar surface area (TPSA) is 29.5 Å². The minimum atomic E-state index is -3.12. The summed E-state index contributed by atoms with van der Waals surface area (Å²) in [6.45, 7) is 2.26. The van der Waals surface area contributed by atoms with Gasteiger partial charge in [0, 0.05) is 18.5 Å². The highest BCUT2D eigenvalue weighted by molar-refractivity contribution is 6.09. The molecule has 2 aliphatic heterocycles. The minimum Gasteiger partial charge on any atom is -0.497 e. The summed E-state index contributed by atoms with van der Waals surface area (Å²) < 4.78 is 35.2. The Morgan fingerprint density at radius 3 is 2.62 bits per heavy atom. The van der Waals surface area contributed by atoms with Crippen LogP contribution in [0, 0.1) is 0 Å². The molecule has 2 aromatic rings. The highest BCUT2D eigenvalue weighted by atomic mass is 19.3. The molecule has 0 spiro atoms. The van der Waals surface area contributed by atoms with Crippen LogP contribution in [0.3, 0.4) is 0 Å². The van der Waals surface area contributed by atoms with E-state index in [9.17, 15) is 4.79 Å². The number of alkyl halides is 2. The maximum Gasteiger partial charge on any atom is 0.274 e. The quantitative estimate of drug-likeness (QED) is 0.810. The van der Waals surface area contributed by atoms with Crippen LogP contribution in [0.5, 0.6) is 5.75 Å². The maximum atomic E-state index is 15.1. The van der Waals surface area contributed by atoms with Crippen molar-refractivity contribution >= 4 is 11.6 Å². The molecule has 2 heterocycles. The predicted molar refractivity (Wildman–Crippen MR) is 96.0 cm³/mol. The number of rotatable bonds is 4. The van der Waals surface area contributed by atoms with Gasteiger partial charge in [0.2, 0.25) is 5.91 Å². The molecule has 0 unspecified atom stereocenters. The van der Waals surface area contributed by atoms with Gasteiger partial charge < -0.3 is 9.64 Å². The Balaban J connectivity index is 1.73. The van der Waals surface area contributed by atoms with Crippen LogP contribution in [-0.4, -0.2) is 19.6 Å². The molecule has 1 amide bonds. The monoisotopic (exact) mass is 357 g/mol. The summed E-state index contributed by atoms with van der Waals surface area (Å²) in [7, 11) is 1.50. The Morgan fingerprint density at radius 1 is 1.19 bits per heavy atom. The van der Waals surface area contributed by atoms with Crippen LogP contribution in [0.25, 0.3) is 0 Å². The lowest BCUT2D eigenvalue weighted by Gasteiger charge is -2.29. The largest absolute Gasteiger partial charge is 0.497 e. The van der Waals surface area contributed by atoms with Gasteiger partial charge in [0.15, 0.2) is 0 Å². The van der Waals surface area contributed by atoms with Crippen molar-refractivity contribution in [2.45, 2.75) is 37.5 Å². The number of ether oxygens (including phenoxy) is 1. The van der Waals surface area contributed by atoms with Crippen molar-refractivity contribution in [2.75, 3.05) is 18.6 Å². The number of carbonyl (C=O) groups excluding carboxylic acids is 1. The van der Waals surface area contributed by atoms with Gasteiger partial charge >= 0.3 is 0 Å². The lowest BCUT2D eigenvalue weighted by atomic mass is 9.77. The Bertz CT molecular complexity index is 863. The summed E-state index contributed by atoms with van der Waals surface area (Å²) in [4.78, 5) is 14.8. The van der Waals surface area contributed by atoms with Crippen LogP contribution in [0.1, 0.15) is 36.5 Å². The Labute approximate surface area is 151 Å². The van der Waals surface area contributed by atoms with Gasteiger partial charge in [0.1, 0.15) is 5.75 Å². The third-order valence-corrected chi connectivity index (χ3v) is 5.62. The molecule has 0 aliphatic carbocycles. The van der Waals surface area contributed by atoms with Gasteiger partial charge in [0.05, 0.1) is 18.2 Å². The summed E-state index contributed by atoms with van der Waals surface area (Å²) >= 11 is 0. The molecule has 0 N–H and O–H groups in total. The van der Waals surface area contributed by atoms with Crippen LogP contribution in [0.2, 0.25) is 0 Å². The van der Waals surface area contributed by atoms with E-state index in [1.54, 1.807) is 11.8 Å². The molecule has 1 atom stereocenters. The number of aryl methyl sites for hydroxylation is 1. The zero-order chi connectivity index (χ0) is 18.5. The van der Waals surface area contributed by atoms with Gasteiger partial charge in [-0.2, -0.15) is 0 Å². The first-order valence-electron chi connectivity index (χ1n) is 8.83. The van der Waals surface area contributed by atoms with E-state index in [4.69, 9.17) is 4.74 Å². The second-order valence-corrected chi connectivity index (χ2v) is 7.32. The Kier molecular flexibility index (Phi) is 3.79. The van der Waals surface area contributed by atoms with E-state index in [0.29, 0.717) is 12.3 Å². The van der Waals surface area contributed by atoms with Gasteiger partial charge in [-0.15, -0.1) is 0 Å². The number of anilines is 1. The second kappa shape index (κ2) is 5.79. The molecule has 0 saturated carbocycles. The van der Waals surface area contributed by atoms with E-state index >= 15 is 8.78 Å². The van der Waals surface area contributed by atoms with Gasteiger partial charge in [0.25, 0.3) is 5.92 Å². The first-order chi connectivity index (χ1) is 12.4. The van der Waals surface area contributed by atoms with E-state index in [1.165, 1.54) is 31.4 Å². The number of benzene rings is 2. The number of carbonyl (C=O) groups is 1. The van der Waals surface area contributed by atoms with Gasteiger partial charge in [-0.3, -0.25) is 4.79 Å². The maximum absolute atomic E-state index is 15.1. The van der Waals surface area contributed by atoms with Crippen LogP contribution < -0.4 is 9.64 Å². The van der Waals surface area contributed by atoms with Crippen molar-refractivity contribution in [3.05, 3.63) is 59.2 Å². The lowest BCUT2D eigenvalue weighted by molar-refractivity contribution is -0.127. The summed E-state index contributed by atoms with van der Waals surface area (Å²) in [6, 6.07) is 11.5. The van der Waals surface area contributed by atoms with E-state index in [0.717, 1.165) is 29.7 Å². The fourth-order valence-corrected chi connectivity index (χ4v) is 4.26. The zero-order valence-electron chi connectivity index (χ0n) is 14.9. The molecule has 4 rings (SSSR count). The summed E-state index contributed by atoms with van der Waals surface area (Å²) in [5.74, 6) is -2.80. The first kappa shape index (κ1) is 17.0. The molecule has 3 nitrogen and oxygen atoms in total. The van der Waals surface area contributed by atoms with E-state index in [-0.39, 0.29) is 11.5 Å². The molecule has 0 fully saturated rings. The SMILES string of the molecule is COc1ccc(C(F)(F)C[C@@]2(C)C(=O)N3CCCc4cccc2c43)cc1. The fraction of sp³-hybridized carbons (Fsp3) is 0.381. The summed E-state index contributed by atoms with van der Waals surface area (Å²) in [5.41, 5.74) is 1.35. The molecule has 5 heteroatoms. The van der Waals surface area contributed by atoms with Crippen LogP contribution in [0.15, 0.2) is 42.5 Å². The third-order valence-electron chi connectivity index (χ3n) is 5.62. The Hall–Kier alpha value is -2.43. The van der Waals surface area contributed by atoms with Crippen molar-refractivity contribution in [2.24, 2.45) is 0 Å². The number of halogens is 2. The second-order valence-electron chi connectivity index (χ2n) is 7.32. The molecule has 0 saturated heterocycles. The molecule has 0 aromatic heterocycles. The lowest BCUT2D eigenvalue weighted by Crippen LogP contribution is -2.42. The first-order valence-corrected chi connectivity index (χ1v) is 8.83. The standard InChI is InChI=1S/C21H21F2NO2/c1-20(13-21(22,23)15-8-10-16(26-2)11-9-15)17-7-3-5-14-6-4-12-24(18(14)17)19(20)25/h3,5,7-11H,4,6,12-13H2,1-2H3/t20-/m1/s1. The minimum absolute atomic E-state index is 0.0987. The molecule has 2 aromatic carbocycles. The van der Waals surface area contributed by atoms with Crippen molar-refractivity contribution in [3.8, 4) is 5.75 Å². The smallest absolute Gasteiger partial charge is 0.274 e. The molecule has 2 aliphatic rings. The van der Waals surface area contributed by atoms with Crippen molar-refractivity contribution in [3.63, 3.8) is 0 Å². The number of methoxy groups -OCH3 is 1. The normalized spacial score (nSPS) is 21.7. The number of amides is 1. The van der Waals surface area contributed by atoms with Gasteiger partial charge in [-0.1, -0.05) is 18.2 Å². The molecule has 0 bridgehead atoms. The molecule has 136 valence electrons. The molecular formula is C21H21F2NO2. The molecule has 26 heavy (non-hydrogen) atoms. The number of hydrogen-bond acceptors (Lipinski definition) is 2. The van der Waals surface area contributed by atoms with Crippen LogP contribution in [0.4, 0.5) is 14.5 Å². The van der Waals surface area contributed by atoms with Crippen molar-refractivity contribution in [1.29, 1.82) is 0 Å². The van der Waals surface area contributed by atoms with E-state index in [1.807, 2.05) is 18.2 Å². The van der Waals surface area contributed by atoms with Crippen LogP contribution in [-0.2, 0) is 22.6 Å². The fourth-order valence-electron chi connectivity index (χ4n) is 4.26. The molecule has 0 radical (unpaired) electrons. The zero-order valence-corrected chi connectivity index (χ0v) is 14.9. The average Bonchev–Trinajstić information content (AvgIpc) is 2.85. The van der Waals surface area contributed by atoms with E-state index < -0.39 is 17.8 Å². The Morgan fingerprint density at radius 2 is 1.92 bits per heavy atom. The van der Waals surface area contributed by atoms with Crippen molar-refractivity contribution in [1.82, 2.24) is 0 Å². The highest BCUT2D eigenvalue weighted by Crippen LogP contribution is 2.51. The van der Waals surface area contributed by atoms with Crippen LogP contribution >= 0.6 is 0 Å². The summed E-state index contributed by atoms with van der Waals surface area (Å²) in [5, 5.41) is 0. The number of para-hydroxylation sites is 1. The average molecular weight is 357 g/mol. The molecular weight excluding hydrogens is 336 g/mol. The van der Waals surface area contributed by atoms with E-state index in [2.05, 4.69) is 0 Å². The highest BCUT2D eigenvalue weighted by Gasteiger charge is 2.54.